The first-order valence-electron chi connectivity index (χ1n) is 12.5. The van der Waals surface area contributed by atoms with Crippen LogP contribution in [-0.2, 0) is 22.7 Å². The molecule has 2 aromatic carbocycles. The van der Waals surface area contributed by atoms with Crippen molar-refractivity contribution < 1.29 is 18.5 Å². The van der Waals surface area contributed by atoms with E-state index in [-0.39, 0.29) is 43.1 Å². The van der Waals surface area contributed by atoms with Crippen molar-refractivity contribution in [2.75, 3.05) is 38.1 Å². The maximum atomic E-state index is 13.7. The number of amides is 2. The number of fused-ring (bicyclic) bond motifs is 2. The second kappa shape index (κ2) is 12.6. The molecule has 206 valence electrons. The van der Waals surface area contributed by atoms with Crippen LogP contribution in [0.3, 0.4) is 0 Å². The first kappa shape index (κ1) is 29.3. The number of hydrazine groups is 1. The first-order chi connectivity index (χ1) is 17.6. The van der Waals surface area contributed by atoms with Crippen LogP contribution >= 0.6 is 12.4 Å². The van der Waals surface area contributed by atoms with Crippen molar-refractivity contribution >= 4 is 40.9 Å². The molecule has 1 aromatic heterocycles. The summed E-state index contributed by atoms with van der Waals surface area (Å²) in [5.74, 6) is -0.655. The number of carbonyl (C=O) groups is 2. The van der Waals surface area contributed by atoms with E-state index in [0.29, 0.717) is 37.8 Å². The van der Waals surface area contributed by atoms with E-state index in [2.05, 4.69) is 15.8 Å². The summed E-state index contributed by atoms with van der Waals surface area (Å²) in [6.45, 7) is 10.0. The fraction of sp³-hybridized carbons (Fsp3) is 0.444. The van der Waals surface area contributed by atoms with E-state index < -0.39 is 0 Å². The van der Waals surface area contributed by atoms with Crippen LogP contribution in [0.4, 0.5) is 10.1 Å². The quantitative estimate of drug-likeness (QED) is 0.377. The zero-order valence-corrected chi connectivity index (χ0v) is 23.3. The number of benzene rings is 2. The molecule has 2 amide bonds. The maximum Gasteiger partial charge on any atom is 0.256 e. The monoisotopic (exact) mass is 546 g/mol. The standard InChI is InChI=1S/C27H35FN6O3.ClH/c1-17(2)29-8-9-30-26(35)15-33(24-12-25-23(10-18(24)3)19(4)31-37-25)16-27(36)32(5)34-13-20-6-7-22(28)11-21(20)14-34;/h6-7,10-12,17,29H,8-9,13-16H2,1-5H3,(H,30,35);1H. The minimum absolute atomic E-state index is 0. The van der Waals surface area contributed by atoms with E-state index in [1.54, 1.807) is 23.0 Å². The van der Waals surface area contributed by atoms with Crippen molar-refractivity contribution in [3.05, 3.63) is 58.5 Å². The van der Waals surface area contributed by atoms with Crippen LogP contribution < -0.4 is 15.5 Å². The summed E-state index contributed by atoms with van der Waals surface area (Å²) < 4.78 is 19.1. The first-order valence-corrected chi connectivity index (χ1v) is 12.5. The summed E-state index contributed by atoms with van der Waals surface area (Å²) in [5.41, 5.74) is 4.89. The lowest BCUT2D eigenvalue weighted by atomic mass is 10.1. The molecule has 1 aliphatic rings. The third-order valence-electron chi connectivity index (χ3n) is 6.63. The number of nitrogens with one attached hydrogen (secondary N) is 2. The van der Waals surface area contributed by atoms with Crippen LogP contribution in [0.2, 0.25) is 0 Å². The number of hydrogen-bond donors (Lipinski definition) is 2. The summed E-state index contributed by atoms with van der Waals surface area (Å²) in [5, 5.41) is 14.6. The number of halogens is 2. The molecule has 2 N–H and O–H groups in total. The topological polar surface area (TPSA) is 93.9 Å². The third-order valence-corrected chi connectivity index (χ3v) is 6.63. The maximum absolute atomic E-state index is 13.7. The number of likely N-dealkylation sites (N-methyl/N-ethyl adjacent to an activating group) is 1. The van der Waals surface area contributed by atoms with Crippen LogP contribution in [0.1, 0.15) is 36.2 Å². The van der Waals surface area contributed by atoms with Gasteiger partial charge in [0.2, 0.25) is 5.91 Å². The molecule has 0 fully saturated rings. The Morgan fingerprint density at radius 1 is 1.11 bits per heavy atom. The number of nitrogens with zero attached hydrogens (tertiary/aromatic N) is 4. The average Bonchev–Trinajstić information content (AvgIpc) is 3.43. The minimum atomic E-state index is -0.288. The zero-order chi connectivity index (χ0) is 26.7. The molecule has 0 atom stereocenters. The molecule has 0 unspecified atom stereocenters. The second-order valence-corrected chi connectivity index (χ2v) is 9.87. The van der Waals surface area contributed by atoms with Crippen molar-refractivity contribution in [1.29, 1.82) is 0 Å². The van der Waals surface area contributed by atoms with Gasteiger partial charge in [0.05, 0.1) is 18.8 Å². The average molecular weight is 547 g/mol. The van der Waals surface area contributed by atoms with Gasteiger partial charge in [0.25, 0.3) is 5.91 Å². The SMILES string of the molecule is Cc1cc2c(C)noc2cc1N(CC(=O)NCCNC(C)C)CC(=O)N(C)N1Cc2ccc(F)cc2C1.Cl. The van der Waals surface area contributed by atoms with Crippen LogP contribution in [0.15, 0.2) is 34.9 Å². The molecule has 0 spiro atoms. The summed E-state index contributed by atoms with van der Waals surface area (Å²) in [6, 6.07) is 8.83. The molecule has 0 saturated heterocycles. The number of aromatic nitrogens is 1. The molecule has 1 aliphatic heterocycles. The van der Waals surface area contributed by atoms with Crippen LogP contribution in [0, 0.1) is 19.7 Å². The number of rotatable bonds is 10. The number of anilines is 1. The van der Waals surface area contributed by atoms with Crippen LogP contribution in [0.5, 0.6) is 0 Å². The van der Waals surface area contributed by atoms with Crippen molar-refractivity contribution in [2.45, 2.75) is 46.8 Å². The van der Waals surface area contributed by atoms with Crippen molar-refractivity contribution in [1.82, 2.24) is 25.8 Å². The summed E-state index contributed by atoms with van der Waals surface area (Å²) in [7, 11) is 1.70. The molecule has 4 rings (SSSR count). The number of hydrogen-bond acceptors (Lipinski definition) is 7. The Balaban J connectivity index is 0.00000400. The Bertz CT molecular complexity index is 1300. The van der Waals surface area contributed by atoms with Gasteiger partial charge in [-0.25, -0.2) is 9.40 Å². The lowest BCUT2D eigenvalue weighted by Gasteiger charge is -2.32. The Hall–Kier alpha value is -3.21. The van der Waals surface area contributed by atoms with E-state index in [4.69, 9.17) is 4.52 Å². The van der Waals surface area contributed by atoms with Gasteiger partial charge in [0.1, 0.15) is 5.82 Å². The van der Waals surface area contributed by atoms with E-state index in [0.717, 1.165) is 33.5 Å². The molecule has 9 nitrogen and oxygen atoms in total. The van der Waals surface area contributed by atoms with Crippen molar-refractivity contribution in [3.63, 3.8) is 0 Å². The van der Waals surface area contributed by atoms with Crippen LogP contribution in [-0.4, -0.2) is 66.3 Å². The van der Waals surface area contributed by atoms with E-state index in [1.165, 1.54) is 12.1 Å². The second-order valence-electron chi connectivity index (χ2n) is 9.87. The summed E-state index contributed by atoms with van der Waals surface area (Å²) in [6.07, 6.45) is 0. The number of carbonyl (C=O) groups excluding carboxylic acids is 2. The molecule has 2 heterocycles. The Morgan fingerprint density at radius 2 is 1.84 bits per heavy atom. The Labute approximate surface area is 228 Å². The highest BCUT2D eigenvalue weighted by Crippen LogP contribution is 2.29. The molecular weight excluding hydrogens is 511 g/mol. The highest BCUT2D eigenvalue weighted by Gasteiger charge is 2.27. The van der Waals surface area contributed by atoms with E-state index in [1.807, 2.05) is 44.8 Å². The van der Waals surface area contributed by atoms with Crippen molar-refractivity contribution in [3.8, 4) is 0 Å². The van der Waals surface area contributed by atoms with Gasteiger partial charge < -0.3 is 20.1 Å². The predicted molar refractivity (Wildman–Crippen MR) is 148 cm³/mol. The van der Waals surface area contributed by atoms with Gasteiger partial charge in [0, 0.05) is 56.4 Å². The van der Waals surface area contributed by atoms with Crippen molar-refractivity contribution in [2.24, 2.45) is 0 Å². The van der Waals surface area contributed by atoms with Gasteiger partial charge in [-0.15, -0.1) is 12.4 Å². The zero-order valence-electron chi connectivity index (χ0n) is 22.5. The molecule has 0 saturated carbocycles. The molecule has 11 heteroatoms. The fourth-order valence-electron chi connectivity index (χ4n) is 4.54. The van der Waals surface area contributed by atoms with Gasteiger partial charge in [-0.05, 0) is 48.7 Å². The lowest BCUT2D eigenvalue weighted by molar-refractivity contribution is -0.145. The molecular formula is C27H36ClFN6O3. The normalized spacial score (nSPS) is 12.9. The molecule has 0 aliphatic carbocycles. The smallest absolute Gasteiger partial charge is 0.256 e. The summed E-state index contributed by atoms with van der Waals surface area (Å²) >= 11 is 0. The van der Waals surface area contributed by atoms with Gasteiger partial charge in [-0.3, -0.25) is 14.6 Å². The van der Waals surface area contributed by atoms with E-state index >= 15 is 0 Å². The molecule has 3 aromatic rings. The van der Waals surface area contributed by atoms with E-state index in [9.17, 15) is 14.0 Å². The van der Waals surface area contributed by atoms with Gasteiger partial charge in [-0.2, -0.15) is 0 Å². The molecule has 0 radical (unpaired) electrons. The largest absolute Gasteiger partial charge is 0.356 e. The Morgan fingerprint density at radius 3 is 2.58 bits per heavy atom. The van der Waals surface area contributed by atoms with Gasteiger partial charge in [-0.1, -0.05) is 25.1 Å². The minimum Gasteiger partial charge on any atom is -0.356 e. The highest BCUT2D eigenvalue weighted by molar-refractivity contribution is 5.90. The lowest BCUT2D eigenvalue weighted by Crippen LogP contribution is -2.48. The number of aryl methyl sites for hydroxylation is 2. The Kier molecular flexibility index (Phi) is 9.70. The predicted octanol–water partition coefficient (Wildman–Crippen LogP) is 3.32. The molecule has 38 heavy (non-hydrogen) atoms. The van der Waals surface area contributed by atoms with Gasteiger partial charge in [0.15, 0.2) is 5.58 Å². The van der Waals surface area contributed by atoms with Crippen LogP contribution in [0.25, 0.3) is 11.0 Å². The highest BCUT2D eigenvalue weighted by atomic mass is 35.5. The fourth-order valence-corrected chi connectivity index (χ4v) is 4.54. The summed E-state index contributed by atoms with van der Waals surface area (Å²) in [4.78, 5) is 28.0. The third kappa shape index (κ3) is 6.80. The van der Waals surface area contributed by atoms with Gasteiger partial charge >= 0.3 is 0 Å². The molecule has 0 bridgehead atoms.